The number of hydrogen-bond donors (Lipinski definition) is 2. The van der Waals surface area contributed by atoms with Crippen LogP contribution in [0, 0.1) is 0 Å². The molecule has 0 saturated heterocycles. The number of aromatic nitrogens is 2. The molecule has 0 unspecified atom stereocenters. The molecular formula is C10H11N3O2. The summed E-state index contributed by atoms with van der Waals surface area (Å²) in [5, 5.41) is 2.73. The van der Waals surface area contributed by atoms with Crippen LogP contribution in [0.5, 0.6) is 0 Å². The van der Waals surface area contributed by atoms with Gasteiger partial charge in [-0.05, 0) is 12.1 Å². The molecular weight excluding hydrogens is 194 g/mol. The highest BCUT2D eigenvalue weighted by Crippen LogP contribution is 1.98. The molecule has 0 spiro atoms. The maximum absolute atomic E-state index is 11.4. The van der Waals surface area contributed by atoms with Gasteiger partial charge in [0.2, 0.25) is 0 Å². The molecule has 0 radical (unpaired) electrons. The number of nitrogens with one attached hydrogen (secondary N) is 2. The Kier molecular flexibility index (Phi) is 2.82. The van der Waals surface area contributed by atoms with E-state index in [9.17, 15) is 4.79 Å². The lowest BCUT2D eigenvalue weighted by atomic mass is 10.3. The fourth-order valence-electron chi connectivity index (χ4n) is 1.22. The maximum atomic E-state index is 11.4. The van der Waals surface area contributed by atoms with Crippen molar-refractivity contribution in [3.8, 4) is 0 Å². The van der Waals surface area contributed by atoms with Gasteiger partial charge in [0.05, 0.1) is 6.26 Å². The van der Waals surface area contributed by atoms with Gasteiger partial charge in [-0.3, -0.25) is 4.79 Å². The van der Waals surface area contributed by atoms with E-state index in [1.54, 1.807) is 24.5 Å². The monoisotopic (exact) mass is 205 g/mol. The van der Waals surface area contributed by atoms with Crippen molar-refractivity contribution in [1.82, 2.24) is 15.3 Å². The summed E-state index contributed by atoms with van der Waals surface area (Å²) in [5.41, 5.74) is 0. The Morgan fingerprint density at radius 2 is 2.53 bits per heavy atom. The summed E-state index contributed by atoms with van der Waals surface area (Å²) < 4.78 is 4.95. The third-order valence-electron chi connectivity index (χ3n) is 1.95. The molecule has 0 fully saturated rings. The molecule has 0 saturated carbocycles. The SMILES string of the molecule is O=C(NCCc1ncc[nH]1)c1ccco1. The lowest BCUT2D eigenvalue weighted by Crippen LogP contribution is -2.25. The van der Waals surface area contributed by atoms with E-state index in [4.69, 9.17) is 4.42 Å². The normalized spacial score (nSPS) is 10.1. The van der Waals surface area contributed by atoms with Crippen molar-refractivity contribution in [3.63, 3.8) is 0 Å². The molecule has 1 amide bonds. The molecule has 2 heterocycles. The number of furan rings is 1. The Labute approximate surface area is 86.5 Å². The van der Waals surface area contributed by atoms with E-state index in [1.165, 1.54) is 6.26 Å². The number of aromatic amines is 1. The molecule has 0 bridgehead atoms. The van der Waals surface area contributed by atoms with Crippen LogP contribution in [0.4, 0.5) is 0 Å². The number of nitrogens with zero attached hydrogens (tertiary/aromatic N) is 1. The summed E-state index contributed by atoms with van der Waals surface area (Å²) in [5.74, 6) is 0.982. The summed E-state index contributed by atoms with van der Waals surface area (Å²) in [6.45, 7) is 0.535. The number of H-pyrrole nitrogens is 1. The predicted octanol–water partition coefficient (Wildman–Crippen LogP) is 0.975. The summed E-state index contributed by atoms with van der Waals surface area (Å²) >= 11 is 0. The topological polar surface area (TPSA) is 70.9 Å². The van der Waals surface area contributed by atoms with Gasteiger partial charge < -0.3 is 14.7 Å². The van der Waals surface area contributed by atoms with Gasteiger partial charge in [-0.15, -0.1) is 0 Å². The van der Waals surface area contributed by atoms with Crippen molar-refractivity contribution in [2.24, 2.45) is 0 Å². The second kappa shape index (κ2) is 4.45. The zero-order chi connectivity index (χ0) is 10.5. The van der Waals surface area contributed by atoms with Crippen LogP contribution in [0.1, 0.15) is 16.4 Å². The number of amides is 1. The first-order chi connectivity index (χ1) is 7.36. The van der Waals surface area contributed by atoms with E-state index in [0.717, 1.165) is 5.82 Å². The molecule has 2 rings (SSSR count). The molecule has 5 heteroatoms. The van der Waals surface area contributed by atoms with E-state index < -0.39 is 0 Å². The lowest BCUT2D eigenvalue weighted by molar-refractivity contribution is 0.0926. The van der Waals surface area contributed by atoms with Gasteiger partial charge in [-0.25, -0.2) is 4.98 Å². The minimum atomic E-state index is -0.202. The molecule has 0 aromatic carbocycles. The average molecular weight is 205 g/mol. The third-order valence-corrected chi connectivity index (χ3v) is 1.95. The van der Waals surface area contributed by atoms with Crippen LogP contribution in [0.2, 0.25) is 0 Å². The summed E-state index contributed by atoms with van der Waals surface area (Å²) in [4.78, 5) is 18.4. The molecule has 2 N–H and O–H groups in total. The fraction of sp³-hybridized carbons (Fsp3) is 0.200. The number of carbonyl (C=O) groups excluding carboxylic acids is 1. The first kappa shape index (κ1) is 9.51. The zero-order valence-corrected chi connectivity index (χ0v) is 8.06. The second-order valence-electron chi connectivity index (χ2n) is 3.02. The molecule has 0 aliphatic carbocycles. The van der Waals surface area contributed by atoms with Crippen LogP contribution in [-0.4, -0.2) is 22.4 Å². The van der Waals surface area contributed by atoms with Crippen molar-refractivity contribution in [2.75, 3.05) is 6.54 Å². The smallest absolute Gasteiger partial charge is 0.286 e. The van der Waals surface area contributed by atoms with E-state index >= 15 is 0 Å². The van der Waals surface area contributed by atoms with Gasteiger partial charge in [0, 0.05) is 25.4 Å². The predicted molar refractivity (Wildman–Crippen MR) is 53.3 cm³/mol. The van der Waals surface area contributed by atoms with E-state index in [-0.39, 0.29) is 5.91 Å². The molecule has 0 aliphatic heterocycles. The minimum Gasteiger partial charge on any atom is -0.459 e. The fourth-order valence-corrected chi connectivity index (χ4v) is 1.22. The largest absolute Gasteiger partial charge is 0.459 e. The molecule has 78 valence electrons. The Balaban J connectivity index is 1.77. The van der Waals surface area contributed by atoms with E-state index in [1.807, 2.05) is 0 Å². The maximum Gasteiger partial charge on any atom is 0.286 e. The number of carbonyl (C=O) groups is 1. The Bertz CT molecular complexity index is 406. The van der Waals surface area contributed by atoms with Gasteiger partial charge in [0.1, 0.15) is 5.82 Å². The van der Waals surface area contributed by atoms with Crippen LogP contribution in [0.25, 0.3) is 0 Å². The third kappa shape index (κ3) is 2.46. The highest BCUT2D eigenvalue weighted by Gasteiger charge is 2.06. The Morgan fingerprint density at radius 3 is 3.20 bits per heavy atom. The van der Waals surface area contributed by atoms with Crippen molar-refractivity contribution in [2.45, 2.75) is 6.42 Å². The highest BCUT2D eigenvalue weighted by atomic mass is 16.3. The van der Waals surface area contributed by atoms with Gasteiger partial charge >= 0.3 is 0 Å². The first-order valence-corrected chi connectivity index (χ1v) is 4.66. The van der Waals surface area contributed by atoms with Gasteiger partial charge in [0.15, 0.2) is 5.76 Å². The molecule has 0 atom stereocenters. The van der Waals surface area contributed by atoms with Gasteiger partial charge in [-0.2, -0.15) is 0 Å². The summed E-state index contributed by atoms with van der Waals surface area (Å²) in [6, 6.07) is 3.31. The zero-order valence-electron chi connectivity index (χ0n) is 8.06. The Morgan fingerprint density at radius 1 is 1.60 bits per heavy atom. The van der Waals surface area contributed by atoms with E-state index in [0.29, 0.717) is 18.7 Å². The van der Waals surface area contributed by atoms with Gasteiger partial charge in [-0.1, -0.05) is 0 Å². The van der Waals surface area contributed by atoms with Crippen LogP contribution < -0.4 is 5.32 Å². The molecule has 15 heavy (non-hydrogen) atoms. The number of imidazole rings is 1. The number of rotatable bonds is 4. The highest BCUT2D eigenvalue weighted by molar-refractivity contribution is 5.91. The standard InChI is InChI=1S/C10H11N3O2/c14-10(8-2-1-7-15-8)13-4-3-9-11-5-6-12-9/h1-2,5-7H,3-4H2,(H,11,12)(H,13,14). The minimum absolute atomic E-state index is 0.202. The summed E-state index contributed by atoms with van der Waals surface area (Å²) in [6.07, 6.45) is 5.59. The second-order valence-corrected chi connectivity index (χ2v) is 3.02. The lowest BCUT2D eigenvalue weighted by Gasteiger charge is -2.00. The van der Waals surface area contributed by atoms with Crippen molar-refractivity contribution in [3.05, 3.63) is 42.4 Å². The summed E-state index contributed by atoms with van der Waals surface area (Å²) in [7, 11) is 0. The average Bonchev–Trinajstić information content (AvgIpc) is 2.90. The molecule has 2 aromatic rings. The van der Waals surface area contributed by atoms with Crippen LogP contribution in [-0.2, 0) is 6.42 Å². The van der Waals surface area contributed by atoms with Crippen LogP contribution in [0.3, 0.4) is 0 Å². The van der Waals surface area contributed by atoms with E-state index in [2.05, 4.69) is 15.3 Å². The van der Waals surface area contributed by atoms with Crippen molar-refractivity contribution >= 4 is 5.91 Å². The Hall–Kier alpha value is -2.04. The number of hydrogen-bond acceptors (Lipinski definition) is 3. The van der Waals surface area contributed by atoms with Crippen molar-refractivity contribution in [1.29, 1.82) is 0 Å². The van der Waals surface area contributed by atoms with Crippen LogP contribution >= 0.6 is 0 Å². The molecule has 5 nitrogen and oxygen atoms in total. The molecule has 2 aromatic heterocycles. The molecule has 0 aliphatic rings. The quantitative estimate of drug-likeness (QED) is 0.781. The first-order valence-electron chi connectivity index (χ1n) is 4.66. The van der Waals surface area contributed by atoms with Crippen molar-refractivity contribution < 1.29 is 9.21 Å². The van der Waals surface area contributed by atoms with Gasteiger partial charge in [0.25, 0.3) is 5.91 Å². The van der Waals surface area contributed by atoms with Crippen LogP contribution in [0.15, 0.2) is 35.2 Å².